The second-order valence-electron chi connectivity index (χ2n) is 5.48. The predicted octanol–water partition coefficient (Wildman–Crippen LogP) is 3.21. The van der Waals surface area contributed by atoms with Crippen molar-refractivity contribution in [3.63, 3.8) is 0 Å². The number of carbonyl (C=O) groups excluding carboxylic acids is 1. The molecule has 1 N–H and O–H groups in total. The molecule has 4 heteroatoms. The van der Waals surface area contributed by atoms with Crippen LogP contribution < -0.4 is 10.1 Å². The lowest BCUT2D eigenvalue weighted by Gasteiger charge is -2.35. The molecule has 104 valence electrons. The lowest BCUT2D eigenvalue weighted by molar-refractivity contribution is 0.156. The molecule has 1 aromatic carbocycles. The number of hydrogen-bond donors (Lipinski definition) is 1. The summed E-state index contributed by atoms with van der Waals surface area (Å²) in [7, 11) is 1.61. The van der Waals surface area contributed by atoms with Crippen molar-refractivity contribution >= 4 is 11.7 Å². The van der Waals surface area contributed by atoms with E-state index in [0.717, 1.165) is 18.8 Å². The molecule has 2 rings (SSSR count). The van der Waals surface area contributed by atoms with E-state index in [9.17, 15) is 4.79 Å². The minimum Gasteiger partial charge on any atom is -0.495 e. The average Bonchev–Trinajstić information content (AvgIpc) is 2.38. The van der Waals surface area contributed by atoms with Gasteiger partial charge in [-0.3, -0.25) is 0 Å². The molecule has 0 spiro atoms. The molecule has 19 heavy (non-hydrogen) atoms. The summed E-state index contributed by atoms with van der Waals surface area (Å²) in [5.74, 6) is 1.81. The fourth-order valence-corrected chi connectivity index (χ4v) is 2.77. The largest absolute Gasteiger partial charge is 0.495 e. The molecule has 1 aliphatic rings. The third-order valence-electron chi connectivity index (χ3n) is 3.50. The number of methoxy groups -OCH3 is 1. The van der Waals surface area contributed by atoms with Crippen molar-refractivity contribution in [1.82, 2.24) is 4.90 Å². The van der Waals surface area contributed by atoms with Crippen LogP contribution in [0.3, 0.4) is 0 Å². The highest BCUT2D eigenvalue weighted by molar-refractivity contribution is 5.91. The van der Waals surface area contributed by atoms with E-state index in [-0.39, 0.29) is 6.03 Å². The average molecular weight is 262 g/mol. The second kappa shape index (κ2) is 5.95. The Morgan fingerprint density at radius 2 is 1.89 bits per heavy atom. The Hall–Kier alpha value is -1.71. The van der Waals surface area contributed by atoms with Crippen LogP contribution in [0.25, 0.3) is 0 Å². The standard InChI is InChI=1S/C15H22N2O2/c1-11-8-12(2)10-17(9-11)15(18)16-13-6-4-5-7-14(13)19-3/h4-7,11-12H,8-10H2,1-3H3,(H,16,18)/t11-,12+. The maximum Gasteiger partial charge on any atom is 0.321 e. The Balaban J connectivity index is 2.04. The summed E-state index contributed by atoms with van der Waals surface area (Å²) in [4.78, 5) is 14.2. The number of ether oxygens (including phenoxy) is 1. The normalized spacial score (nSPS) is 23.0. The van der Waals surface area contributed by atoms with E-state index in [1.807, 2.05) is 29.2 Å². The molecule has 0 radical (unpaired) electrons. The number of piperidine rings is 1. The summed E-state index contributed by atoms with van der Waals surface area (Å²) < 4.78 is 5.24. The molecule has 0 unspecified atom stereocenters. The smallest absolute Gasteiger partial charge is 0.321 e. The molecule has 1 saturated heterocycles. The SMILES string of the molecule is COc1ccccc1NC(=O)N1C[C@H](C)C[C@H](C)C1. The highest BCUT2D eigenvalue weighted by Crippen LogP contribution is 2.25. The van der Waals surface area contributed by atoms with Gasteiger partial charge in [-0.25, -0.2) is 4.79 Å². The van der Waals surface area contributed by atoms with Gasteiger partial charge in [-0.1, -0.05) is 26.0 Å². The van der Waals surface area contributed by atoms with Gasteiger partial charge in [-0.05, 0) is 30.4 Å². The van der Waals surface area contributed by atoms with E-state index in [4.69, 9.17) is 4.74 Å². The molecule has 1 aliphatic heterocycles. The quantitative estimate of drug-likeness (QED) is 0.889. The third-order valence-corrected chi connectivity index (χ3v) is 3.50. The van der Waals surface area contributed by atoms with Gasteiger partial charge in [0, 0.05) is 13.1 Å². The van der Waals surface area contributed by atoms with E-state index in [1.165, 1.54) is 6.42 Å². The fraction of sp³-hybridized carbons (Fsp3) is 0.533. The number of rotatable bonds is 2. The van der Waals surface area contributed by atoms with Gasteiger partial charge in [0.05, 0.1) is 12.8 Å². The van der Waals surface area contributed by atoms with Crippen LogP contribution >= 0.6 is 0 Å². The number of carbonyl (C=O) groups is 1. The zero-order valence-corrected chi connectivity index (χ0v) is 11.8. The molecule has 4 nitrogen and oxygen atoms in total. The van der Waals surface area contributed by atoms with Crippen LogP contribution in [0.1, 0.15) is 20.3 Å². The van der Waals surface area contributed by atoms with E-state index in [2.05, 4.69) is 19.2 Å². The highest BCUT2D eigenvalue weighted by Gasteiger charge is 2.25. The summed E-state index contributed by atoms with van der Waals surface area (Å²) in [6.07, 6.45) is 1.19. The second-order valence-corrected chi connectivity index (χ2v) is 5.48. The Morgan fingerprint density at radius 1 is 1.26 bits per heavy atom. The number of likely N-dealkylation sites (tertiary alicyclic amines) is 1. The van der Waals surface area contributed by atoms with Crippen LogP contribution in [0.2, 0.25) is 0 Å². The molecular formula is C15H22N2O2. The molecule has 0 saturated carbocycles. The minimum atomic E-state index is -0.0390. The van der Waals surface area contributed by atoms with Crippen molar-refractivity contribution in [2.75, 3.05) is 25.5 Å². The van der Waals surface area contributed by atoms with E-state index < -0.39 is 0 Å². The van der Waals surface area contributed by atoms with Crippen LogP contribution in [0.4, 0.5) is 10.5 Å². The van der Waals surface area contributed by atoms with Crippen LogP contribution in [0.5, 0.6) is 5.75 Å². The number of anilines is 1. The molecule has 2 atom stereocenters. The first-order chi connectivity index (χ1) is 9.10. The summed E-state index contributed by atoms with van der Waals surface area (Å²) in [6.45, 7) is 6.04. The molecule has 2 amide bonds. The number of benzene rings is 1. The Kier molecular flexibility index (Phi) is 4.30. The molecule has 1 fully saturated rings. The van der Waals surface area contributed by atoms with Crippen molar-refractivity contribution < 1.29 is 9.53 Å². The first kappa shape index (κ1) is 13.7. The maximum atomic E-state index is 12.3. The Labute approximate surface area is 114 Å². The lowest BCUT2D eigenvalue weighted by Crippen LogP contribution is -2.44. The Bertz CT molecular complexity index is 438. The van der Waals surface area contributed by atoms with Crippen molar-refractivity contribution in [1.29, 1.82) is 0 Å². The predicted molar refractivity (Wildman–Crippen MR) is 76.5 cm³/mol. The van der Waals surface area contributed by atoms with Crippen molar-refractivity contribution in [3.05, 3.63) is 24.3 Å². The van der Waals surface area contributed by atoms with Gasteiger partial charge < -0.3 is 15.0 Å². The monoisotopic (exact) mass is 262 g/mol. The number of urea groups is 1. The maximum absolute atomic E-state index is 12.3. The minimum absolute atomic E-state index is 0.0390. The molecule has 1 heterocycles. The van der Waals surface area contributed by atoms with Gasteiger partial charge in [0.2, 0.25) is 0 Å². The number of nitrogens with one attached hydrogen (secondary N) is 1. The summed E-state index contributed by atoms with van der Waals surface area (Å²) in [6, 6.07) is 7.44. The summed E-state index contributed by atoms with van der Waals surface area (Å²) >= 11 is 0. The third kappa shape index (κ3) is 3.40. The van der Waals surface area contributed by atoms with Crippen LogP contribution in [-0.4, -0.2) is 31.1 Å². The molecule has 1 aromatic rings. The number of hydrogen-bond acceptors (Lipinski definition) is 2. The lowest BCUT2D eigenvalue weighted by atomic mass is 9.92. The van der Waals surface area contributed by atoms with Crippen LogP contribution in [0.15, 0.2) is 24.3 Å². The van der Waals surface area contributed by atoms with E-state index >= 15 is 0 Å². The summed E-state index contributed by atoms with van der Waals surface area (Å²) in [5, 5.41) is 2.93. The number of nitrogens with zero attached hydrogens (tertiary/aromatic N) is 1. The highest BCUT2D eigenvalue weighted by atomic mass is 16.5. The molecule has 0 aliphatic carbocycles. The van der Waals surface area contributed by atoms with Gasteiger partial charge in [0.1, 0.15) is 5.75 Å². The molecule has 0 aromatic heterocycles. The number of para-hydroxylation sites is 2. The topological polar surface area (TPSA) is 41.6 Å². The van der Waals surface area contributed by atoms with Crippen molar-refractivity contribution in [3.8, 4) is 5.75 Å². The number of amides is 2. The molecular weight excluding hydrogens is 240 g/mol. The first-order valence-corrected chi connectivity index (χ1v) is 6.79. The van der Waals surface area contributed by atoms with Crippen LogP contribution in [-0.2, 0) is 0 Å². The zero-order chi connectivity index (χ0) is 13.8. The molecule has 0 bridgehead atoms. The summed E-state index contributed by atoms with van der Waals surface area (Å²) in [5.41, 5.74) is 0.723. The Morgan fingerprint density at radius 3 is 2.53 bits per heavy atom. The van der Waals surface area contributed by atoms with Crippen LogP contribution in [0, 0.1) is 11.8 Å². The van der Waals surface area contributed by atoms with Gasteiger partial charge in [-0.2, -0.15) is 0 Å². The van der Waals surface area contributed by atoms with Gasteiger partial charge in [-0.15, -0.1) is 0 Å². The van der Waals surface area contributed by atoms with Crippen molar-refractivity contribution in [2.45, 2.75) is 20.3 Å². The van der Waals surface area contributed by atoms with E-state index in [0.29, 0.717) is 17.6 Å². The van der Waals surface area contributed by atoms with Gasteiger partial charge in [0.15, 0.2) is 0 Å². The van der Waals surface area contributed by atoms with Gasteiger partial charge >= 0.3 is 6.03 Å². The zero-order valence-electron chi connectivity index (χ0n) is 11.8. The van der Waals surface area contributed by atoms with E-state index in [1.54, 1.807) is 7.11 Å². The fourth-order valence-electron chi connectivity index (χ4n) is 2.77. The van der Waals surface area contributed by atoms with Crippen molar-refractivity contribution in [2.24, 2.45) is 11.8 Å². The van der Waals surface area contributed by atoms with Gasteiger partial charge in [0.25, 0.3) is 0 Å². The first-order valence-electron chi connectivity index (χ1n) is 6.79.